The summed E-state index contributed by atoms with van der Waals surface area (Å²) in [6.45, 7) is 6.33. The number of carbonyl (C=O) groups is 1. The number of anilines is 1. The van der Waals surface area contributed by atoms with Crippen molar-refractivity contribution in [2.75, 3.05) is 12.8 Å². The molecule has 0 aliphatic carbocycles. The molecule has 1 aromatic carbocycles. The highest BCUT2D eigenvalue weighted by Crippen LogP contribution is 2.25. The minimum absolute atomic E-state index is 0.212. The fraction of sp³-hybridized carbons (Fsp3) is 0.462. The van der Waals surface area contributed by atoms with Crippen molar-refractivity contribution in [1.82, 2.24) is 0 Å². The molecule has 0 amide bonds. The summed E-state index contributed by atoms with van der Waals surface area (Å²) in [7, 11) is -0.253. The number of carbonyl (C=O) groups excluding carboxylic acids is 1. The number of rotatable bonds is 5. The second-order valence-electron chi connectivity index (χ2n) is 5.16. The van der Waals surface area contributed by atoms with Crippen LogP contribution in [0.15, 0.2) is 18.2 Å². The van der Waals surface area contributed by atoms with Crippen molar-refractivity contribution in [3.05, 3.63) is 23.8 Å². The number of hydrogen-bond donors (Lipinski definition) is 1. The number of methoxy groups -OCH3 is 1. The summed E-state index contributed by atoms with van der Waals surface area (Å²) in [5.41, 5.74) is 7.59. The van der Waals surface area contributed by atoms with E-state index in [0.717, 1.165) is 11.3 Å². The molecule has 18 heavy (non-hydrogen) atoms. The number of aryl methyl sites for hydroxylation is 1. The van der Waals surface area contributed by atoms with Crippen LogP contribution in [-0.4, -0.2) is 21.4 Å². The van der Waals surface area contributed by atoms with E-state index in [-0.39, 0.29) is 5.97 Å². The largest absolute Gasteiger partial charge is 0.543 e. The zero-order valence-corrected chi connectivity index (χ0v) is 12.4. The number of esters is 1. The molecule has 0 aliphatic heterocycles. The standard InChI is InChI=1S/C13H21NO3Si/c1-16-13(15)8-6-10-5-7-12(11(14)9-10)17-18(2,3)4/h5,7,9H,6,8,14H2,1-4H3. The van der Waals surface area contributed by atoms with Gasteiger partial charge in [-0.15, -0.1) is 0 Å². The van der Waals surface area contributed by atoms with Crippen LogP contribution in [0.25, 0.3) is 0 Å². The van der Waals surface area contributed by atoms with E-state index in [9.17, 15) is 4.79 Å². The van der Waals surface area contributed by atoms with E-state index in [1.807, 2.05) is 18.2 Å². The van der Waals surface area contributed by atoms with Gasteiger partial charge in [0.15, 0.2) is 0 Å². The van der Waals surface area contributed by atoms with E-state index in [0.29, 0.717) is 18.5 Å². The maximum Gasteiger partial charge on any atom is 0.305 e. The fourth-order valence-corrected chi connectivity index (χ4v) is 2.37. The smallest absolute Gasteiger partial charge is 0.305 e. The van der Waals surface area contributed by atoms with Gasteiger partial charge in [0.2, 0.25) is 8.32 Å². The Hall–Kier alpha value is -1.49. The lowest BCUT2D eigenvalue weighted by Gasteiger charge is -2.20. The molecule has 0 atom stereocenters. The molecule has 0 bridgehead atoms. The van der Waals surface area contributed by atoms with Crippen LogP contribution in [-0.2, 0) is 16.0 Å². The van der Waals surface area contributed by atoms with Gasteiger partial charge in [-0.2, -0.15) is 0 Å². The van der Waals surface area contributed by atoms with Crippen molar-refractivity contribution in [1.29, 1.82) is 0 Å². The Bertz CT molecular complexity index is 427. The number of benzene rings is 1. The molecule has 0 unspecified atom stereocenters. The lowest BCUT2D eigenvalue weighted by Crippen LogP contribution is -2.29. The van der Waals surface area contributed by atoms with Gasteiger partial charge in [-0.1, -0.05) is 6.07 Å². The van der Waals surface area contributed by atoms with Crippen LogP contribution in [0.3, 0.4) is 0 Å². The third kappa shape index (κ3) is 4.79. The molecule has 4 nitrogen and oxygen atoms in total. The van der Waals surface area contributed by atoms with Crippen molar-refractivity contribution in [2.24, 2.45) is 0 Å². The Labute approximate surface area is 109 Å². The highest BCUT2D eigenvalue weighted by atomic mass is 28.4. The quantitative estimate of drug-likeness (QED) is 0.506. The van der Waals surface area contributed by atoms with Gasteiger partial charge in [0.05, 0.1) is 12.8 Å². The average Bonchev–Trinajstić information content (AvgIpc) is 2.27. The second-order valence-corrected chi connectivity index (χ2v) is 9.59. The van der Waals surface area contributed by atoms with Crippen molar-refractivity contribution in [3.8, 4) is 5.75 Å². The third-order valence-electron chi connectivity index (χ3n) is 2.34. The molecule has 0 fully saturated rings. The molecule has 100 valence electrons. The van der Waals surface area contributed by atoms with Crippen molar-refractivity contribution in [3.63, 3.8) is 0 Å². The zero-order chi connectivity index (χ0) is 13.8. The van der Waals surface area contributed by atoms with Crippen molar-refractivity contribution >= 4 is 20.0 Å². The molecule has 0 radical (unpaired) electrons. The van der Waals surface area contributed by atoms with Crippen LogP contribution >= 0.6 is 0 Å². The van der Waals surface area contributed by atoms with Crippen LogP contribution < -0.4 is 10.2 Å². The molecule has 5 heteroatoms. The molecule has 0 spiro atoms. The van der Waals surface area contributed by atoms with E-state index in [1.165, 1.54) is 7.11 Å². The van der Waals surface area contributed by atoms with Crippen LogP contribution in [0.1, 0.15) is 12.0 Å². The van der Waals surface area contributed by atoms with Gasteiger partial charge >= 0.3 is 5.97 Å². The second kappa shape index (κ2) is 5.91. The lowest BCUT2D eigenvalue weighted by molar-refractivity contribution is -0.140. The molecule has 2 N–H and O–H groups in total. The Balaban J connectivity index is 2.70. The maximum absolute atomic E-state index is 11.1. The summed E-state index contributed by atoms with van der Waals surface area (Å²) < 4.78 is 10.5. The Kier molecular flexibility index (Phi) is 4.78. The van der Waals surface area contributed by atoms with E-state index in [1.54, 1.807) is 0 Å². The monoisotopic (exact) mass is 267 g/mol. The average molecular weight is 267 g/mol. The minimum atomic E-state index is -1.64. The van der Waals surface area contributed by atoms with Gasteiger partial charge in [-0.25, -0.2) is 0 Å². The number of ether oxygens (including phenoxy) is 1. The maximum atomic E-state index is 11.1. The van der Waals surface area contributed by atoms with Crippen LogP contribution in [0, 0.1) is 0 Å². The van der Waals surface area contributed by atoms with Crippen LogP contribution in [0.5, 0.6) is 5.75 Å². The first kappa shape index (κ1) is 14.6. The summed E-state index contributed by atoms with van der Waals surface area (Å²) in [6, 6.07) is 5.67. The molecule has 0 aliphatic rings. The van der Waals surface area contributed by atoms with Gasteiger partial charge in [0.1, 0.15) is 5.75 Å². The fourth-order valence-electron chi connectivity index (χ4n) is 1.52. The summed E-state index contributed by atoms with van der Waals surface area (Å²) in [5, 5.41) is 0. The lowest BCUT2D eigenvalue weighted by atomic mass is 10.1. The van der Waals surface area contributed by atoms with Gasteiger partial charge in [-0.05, 0) is 43.8 Å². The molecule has 1 aromatic rings. The zero-order valence-electron chi connectivity index (χ0n) is 11.4. The molecule has 0 aromatic heterocycles. The number of nitrogen functional groups attached to an aromatic ring is 1. The molecular weight excluding hydrogens is 246 g/mol. The summed E-state index contributed by atoms with van der Waals surface area (Å²) >= 11 is 0. The summed E-state index contributed by atoms with van der Waals surface area (Å²) in [6.07, 6.45) is 0.994. The van der Waals surface area contributed by atoms with Crippen LogP contribution in [0.2, 0.25) is 19.6 Å². The van der Waals surface area contributed by atoms with Gasteiger partial charge in [0, 0.05) is 6.42 Å². The number of nitrogens with two attached hydrogens (primary N) is 1. The summed E-state index contributed by atoms with van der Waals surface area (Å²) in [5.74, 6) is 0.520. The highest BCUT2D eigenvalue weighted by Gasteiger charge is 2.17. The Morgan fingerprint density at radius 1 is 1.33 bits per heavy atom. The molecule has 0 heterocycles. The summed E-state index contributed by atoms with van der Waals surface area (Å²) in [4.78, 5) is 11.1. The van der Waals surface area contributed by atoms with Crippen molar-refractivity contribution < 1.29 is 14.0 Å². The van der Waals surface area contributed by atoms with E-state index < -0.39 is 8.32 Å². The molecule has 0 saturated heterocycles. The van der Waals surface area contributed by atoms with Gasteiger partial charge in [-0.3, -0.25) is 4.79 Å². The normalized spacial score (nSPS) is 11.1. The SMILES string of the molecule is COC(=O)CCc1ccc(O[Si](C)(C)C)c(N)c1. The first-order chi connectivity index (χ1) is 8.31. The highest BCUT2D eigenvalue weighted by molar-refractivity contribution is 6.70. The van der Waals surface area contributed by atoms with Gasteiger partial charge < -0.3 is 14.9 Å². The first-order valence-corrected chi connectivity index (χ1v) is 9.37. The van der Waals surface area contributed by atoms with Gasteiger partial charge in [0.25, 0.3) is 0 Å². The van der Waals surface area contributed by atoms with Crippen molar-refractivity contribution in [2.45, 2.75) is 32.5 Å². The van der Waals surface area contributed by atoms with E-state index in [4.69, 9.17) is 10.2 Å². The first-order valence-electron chi connectivity index (χ1n) is 5.96. The van der Waals surface area contributed by atoms with E-state index in [2.05, 4.69) is 24.4 Å². The third-order valence-corrected chi connectivity index (χ3v) is 3.17. The molecule has 1 rings (SSSR count). The van der Waals surface area contributed by atoms with E-state index >= 15 is 0 Å². The molecular formula is C13H21NO3Si. The Morgan fingerprint density at radius 3 is 2.50 bits per heavy atom. The number of hydrogen-bond acceptors (Lipinski definition) is 4. The Morgan fingerprint density at radius 2 is 2.00 bits per heavy atom. The van der Waals surface area contributed by atoms with Crippen LogP contribution in [0.4, 0.5) is 5.69 Å². The predicted octanol–water partition coefficient (Wildman–Crippen LogP) is 2.59. The minimum Gasteiger partial charge on any atom is -0.543 e. The molecule has 0 saturated carbocycles. The topological polar surface area (TPSA) is 61.5 Å². The predicted molar refractivity (Wildman–Crippen MR) is 75.2 cm³/mol.